The van der Waals surface area contributed by atoms with Crippen LogP contribution in [0.5, 0.6) is 5.75 Å². The van der Waals surface area contributed by atoms with Crippen molar-refractivity contribution in [2.75, 3.05) is 11.9 Å². The van der Waals surface area contributed by atoms with Crippen molar-refractivity contribution in [1.82, 2.24) is 0 Å². The molecule has 120 valence electrons. The van der Waals surface area contributed by atoms with Gasteiger partial charge in [0.15, 0.2) is 6.61 Å². The molecule has 1 N–H and O–H groups in total. The predicted octanol–water partition coefficient (Wildman–Crippen LogP) is 4.20. The Hall–Kier alpha value is -2.29. The zero-order valence-corrected chi connectivity index (χ0v) is 13.8. The normalized spacial score (nSPS) is 13.3. The van der Waals surface area contributed by atoms with E-state index < -0.39 is 0 Å². The van der Waals surface area contributed by atoms with Gasteiger partial charge in [0.25, 0.3) is 5.91 Å². The Bertz CT molecular complexity index is 701. The van der Waals surface area contributed by atoms with Crippen LogP contribution in [-0.2, 0) is 17.6 Å². The summed E-state index contributed by atoms with van der Waals surface area (Å²) in [5, 5.41) is 2.91. The highest BCUT2D eigenvalue weighted by molar-refractivity contribution is 5.92. The van der Waals surface area contributed by atoms with Crippen LogP contribution in [-0.4, -0.2) is 12.5 Å². The highest BCUT2D eigenvalue weighted by Gasteiger charge is 2.14. The van der Waals surface area contributed by atoms with Gasteiger partial charge in [-0.3, -0.25) is 4.79 Å². The number of aryl methyl sites for hydroxylation is 3. The van der Waals surface area contributed by atoms with E-state index >= 15 is 0 Å². The first kappa shape index (κ1) is 15.6. The lowest BCUT2D eigenvalue weighted by Crippen LogP contribution is -2.21. The Morgan fingerprint density at radius 3 is 2.61 bits per heavy atom. The van der Waals surface area contributed by atoms with Crippen LogP contribution in [0.3, 0.4) is 0 Å². The highest BCUT2D eigenvalue weighted by Crippen LogP contribution is 2.29. The zero-order valence-electron chi connectivity index (χ0n) is 13.8. The summed E-state index contributed by atoms with van der Waals surface area (Å²) in [6.45, 7) is 4.09. The Kier molecular flexibility index (Phi) is 4.65. The molecule has 2 aromatic carbocycles. The zero-order chi connectivity index (χ0) is 16.2. The molecule has 0 spiro atoms. The summed E-state index contributed by atoms with van der Waals surface area (Å²) < 4.78 is 5.79. The predicted molar refractivity (Wildman–Crippen MR) is 93.1 cm³/mol. The summed E-state index contributed by atoms with van der Waals surface area (Å²) in [5.41, 5.74) is 5.74. The minimum absolute atomic E-state index is 0.0451. The van der Waals surface area contributed by atoms with E-state index in [1.54, 1.807) is 0 Å². The van der Waals surface area contributed by atoms with Gasteiger partial charge in [0.2, 0.25) is 0 Å². The van der Waals surface area contributed by atoms with Crippen LogP contribution in [0.4, 0.5) is 5.69 Å². The summed E-state index contributed by atoms with van der Waals surface area (Å²) in [5.74, 6) is 0.737. The van der Waals surface area contributed by atoms with Crippen molar-refractivity contribution < 1.29 is 9.53 Å². The van der Waals surface area contributed by atoms with Gasteiger partial charge >= 0.3 is 0 Å². The average Bonchev–Trinajstić information content (AvgIpc) is 2.52. The van der Waals surface area contributed by atoms with Crippen LogP contribution in [0.2, 0.25) is 0 Å². The maximum absolute atomic E-state index is 12.1. The molecule has 1 amide bonds. The Balaban J connectivity index is 1.63. The summed E-state index contributed by atoms with van der Waals surface area (Å²) in [7, 11) is 0. The monoisotopic (exact) mass is 309 g/mol. The molecule has 1 aliphatic rings. The van der Waals surface area contributed by atoms with E-state index in [4.69, 9.17) is 4.74 Å². The third kappa shape index (κ3) is 3.92. The Labute approximate surface area is 137 Å². The van der Waals surface area contributed by atoms with Crippen molar-refractivity contribution in [1.29, 1.82) is 0 Å². The molecule has 0 heterocycles. The van der Waals surface area contributed by atoms with Crippen LogP contribution in [0, 0.1) is 13.8 Å². The van der Waals surface area contributed by atoms with Gasteiger partial charge in [-0.15, -0.1) is 0 Å². The van der Waals surface area contributed by atoms with Gasteiger partial charge < -0.3 is 10.1 Å². The second-order valence-corrected chi connectivity index (χ2v) is 6.31. The minimum Gasteiger partial charge on any atom is -0.483 e. The number of fused-ring (bicyclic) bond motifs is 1. The van der Waals surface area contributed by atoms with E-state index in [9.17, 15) is 4.79 Å². The number of amides is 1. The molecule has 0 saturated carbocycles. The van der Waals surface area contributed by atoms with Crippen LogP contribution in [0.1, 0.15) is 35.1 Å². The molecule has 0 atom stereocenters. The lowest BCUT2D eigenvalue weighted by molar-refractivity contribution is -0.118. The molecule has 0 saturated heterocycles. The third-order valence-corrected chi connectivity index (χ3v) is 4.22. The Morgan fingerprint density at radius 2 is 1.83 bits per heavy atom. The fourth-order valence-electron chi connectivity index (χ4n) is 3.27. The molecule has 0 aromatic heterocycles. The van der Waals surface area contributed by atoms with E-state index in [-0.39, 0.29) is 12.5 Å². The van der Waals surface area contributed by atoms with Gasteiger partial charge in [0.05, 0.1) is 0 Å². The van der Waals surface area contributed by atoms with E-state index in [1.807, 2.05) is 38.1 Å². The van der Waals surface area contributed by atoms with E-state index in [0.29, 0.717) is 0 Å². The lowest BCUT2D eigenvalue weighted by Gasteiger charge is -2.19. The molecule has 3 heteroatoms. The fourth-order valence-corrected chi connectivity index (χ4v) is 3.27. The fraction of sp³-hybridized carbons (Fsp3) is 0.350. The number of carbonyl (C=O) groups is 1. The van der Waals surface area contributed by atoms with Crippen molar-refractivity contribution in [2.24, 2.45) is 0 Å². The number of nitrogens with one attached hydrogen (secondary N) is 1. The topological polar surface area (TPSA) is 38.3 Å². The number of hydrogen-bond acceptors (Lipinski definition) is 2. The summed E-state index contributed by atoms with van der Waals surface area (Å²) in [6.07, 6.45) is 4.59. The van der Waals surface area contributed by atoms with E-state index in [2.05, 4.69) is 17.4 Å². The molecule has 0 unspecified atom stereocenters. The van der Waals surface area contributed by atoms with Crippen LogP contribution >= 0.6 is 0 Å². The minimum atomic E-state index is -0.122. The van der Waals surface area contributed by atoms with Crippen molar-refractivity contribution in [3.63, 3.8) is 0 Å². The first-order valence-corrected chi connectivity index (χ1v) is 8.23. The average molecular weight is 309 g/mol. The molecule has 0 bridgehead atoms. The summed E-state index contributed by atoms with van der Waals surface area (Å²) >= 11 is 0. The molecule has 1 aliphatic carbocycles. The number of benzene rings is 2. The molecule has 0 aliphatic heterocycles. The van der Waals surface area contributed by atoms with E-state index in [1.165, 1.54) is 24.0 Å². The van der Waals surface area contributed by atoms with Gasteiger partial charge in [-0.05, 0) is 80.0 Å². The standard InChI is InChI=1S/C20H23NO2/c1-14-10-15(2)12-17(11-14)21-20(22)13-23-19-9-5-7-16-6-3-4-8-18(16)19/h5,7,9-12H,3-4,6,8,13H2,1-2H3,(H,21,22). The largest absolute Gasteiger partial charge is 0.483 e. The third-order valence-electron chi connectivity index (χ3n) is 4.22. The second kappa shape index (κ2) is 6.86. The molecule has 3 nitrogen and oxygen atoms in total. The quantitative estimate of drug-likeness (QED) is 0.919. The van der Waals surface area contributed by atoms with Gasteiger partial charge in [-0.1, -0.05) is 18.2 Å². The molecular weight excluding hydrogens is 286 g/mol. The van der Waals surface area contributed by atoms with Crippen LogP contribution in [0.25, 0.3) is 0 Å². The highest BCUT2D eigenvalue weighted by atomic mass is 16.5. The molecule has 3 rings (SSSR count). The second-order valence-electron chi connectivity index (χ2n) is 6.31. The van der Waals surface area contributed by atoms with E-state index in [0.717, 1.165) is 35.4 Å². The lowest BCUT2D eigenvalue weighted by atomic mass is 9.91. The SMILES string of the molecule is Cc1cc(C)cc(NC(=O)COc2cccc3c2CCCC3)c1. The van der Waals surface area contributed by atoms with Gasteiger partial charge in [-0.2, -0.15) is 0 Å². The molecule has 23 heavy (non-hydrogen) atoms. The first-order chi connectivity index (χ1) is 11.1. The van der Waals surface area contributed by atoms with Gasteiger partial charge in [-0.25, -0.2) is 0 Å². The summed E-state index contributed by atoms with van der Waals surface area (Å²) in [6, 6.07) is 12.2. The first-order valence-electron chi connectivity index (χ1n) is 8.23. The smallest absolute Gasteiger partial charge is 0.262 e. The number of ether oxygens (including phenoxy) is 1. The van der Waals surface area contributed by atoms with Gasteiger partial charge in [0, 0.05) is 5.69 Å². The maximum atomic E-state index is 12.1. The molecule has 2 aromatic rings. The van der Waals surface area contributed by atoms with Gasteiger partial charge in [0.1, 0.15) is 5.75 Å². The molecular formula is C20H23NO2. The van der Waals surface area contributed by atoms with Crippen molar-refractivity contribution in [3.05, 3.63) is 58.7 Å². The molecule has 0 fully saturated rings. The van der Waals surface area contributed by atoms with Crippen LogP contribution < -0.4 is 10.1 Å². The number of carbonyl (C=O) groups excluding carboxylic acids is 1. The van der Waals surface area contributed by atoms with Crippen molar-refractivity contribution >= 4 is 11.6 Å². The van der Waals surface area contributed by atoms with Crippen molar-refractivity contribution in [3.8, 4) is 5.75 Å². The number of anilines is 1. The Morgan fingerprint density at radius 1 is 1.09 bits per heavy atom. The van der Waals surface area contributed by atoms with Crippen molar-refractivity contribution in [2.45, 2.75) is 39.5 Å². The number of rotatable bonds is 4. The molecule has 0 radical (unpaired) electrons. The maximum Gasteiger partial charge on any atom is 0.262 e. The summed E-state index contributed by atoms with van der Waals surface area (Å²) in [4.78, 5) is 12.1. The van der Waals surface area contributed by atoms with Crippen LogP contribution in [0.15, 0.2) is 36.4 Å². The number of hydrogen-bond donors (Lipinski definition) is 1.